The van der Waals surface area contributed by atoms with Crippen LogP contribution < -0.4 is 15.2 Å². The van der Waals surface area contributed by atoms with Gasteiger partial charge < -0.3 is 20.1 Å². The second-order valence-electron chi connectivity index (χ2n) is 6.60. The van der Waals surface area contributed by atoms with Gasteiger partial charge in [-0.2, -0.15) is 0 Å². The minimum atomic E-state index is -3.60. The highest BCUT2D eigenvalue weighted by atomic mass is 35.5. The molecule has 7 nitrogen and oxygen atoms in total. The Bertz CT molecular complexity index is 739. The number of ether oxygens (including phenoxy) is 2. The van der Waals surface area contributed by atoms with Crippen LogP contribution in [0.25, 0.3) is 0 Å². The third-order valence-electron chi connectivity index (χ3n) is 4.78. The molecule has 0 aromatic heterocycles. The quantitative estimate of drug-likeness (QED) is 0.724. The molecule has 2 N–H and O–H groups in total. The number of amides is 1. The van der Waals surface area contributed by atoms with Crippen molar-refractivity contribution in [2.24, 2.45) is 5.73 Å². The van der Waals surface area contributed by atoms with E-state index in [9.17, 15) is 13.2 Å². The number of rotatable bonds is 7. The second kappa shape index (κ2) is 10.1. The smallest absolute Gasteiger partial charge is 0.223 e. The number of methoxy groups -OCH3 is 2. The van der Waals surface area contributed by atoms with E-state index in [2.05, 4.69) is 0 Å². The van der Waals surface area contributed by atoms with Crippen LogP contribution in [0.2, 0.25) is 0 Å². The molecule has 154 valence electrons. The van der Waals surface area contributed by atoms with Crippen LogP contribution in [0.15, 0.2) is 23.1 Å². The molecule has 1 aliphatic heterocycles. The summed E-state index contributed by atoms with van der Waals surface area (Å²) in [6.07, 6.45) is 2.78. The maximum Gasteiger partial charge on any atom is 0.223 e. The number of carbonyl (C=O) groups is 1. The molecule has 2 rings (SSSR count). The van der Waals surface area contributed by atoms with E-state index in [4.69, 9.17) is 15.2 Å². The number of nitrogens with zero attached hydrogens (tertiary/aromatic N) is 1. The fourth-order valence-corrected chi connectivity index (χ4v) is 4.55. The highest BCUT2D eigenvalue weighted by Crippen LogP contribution is 2.30. The lowest BCUT2D eigenvalue weighted by atomic mass is 9.96. The molecule has 0 saturated carbocycles. The van der Waals surface area contributed by atoms with Gasteiger partial charge in [-0.15, -0.1) is 12.4 Å². The van der Waals surface area contributed by atoms with Gasteiger partial charge in [0.05, 0.1) is 24.9 Å². The molecule has 1 heterocycles. The summed E-state index contributed by atoms with van der Waals surface area (Å²) in [7, 11) is -0.673. The van der Waals surface area contributed by atoms with Crippen LogP contribution in [-0.4, -0.2) is 57.8 Å². The van der Waals surface area contributed by atoms with E-state index in [0.29, 0.717) is 18.0 Å². The maximum atomic E-state index is 12.6. The Morgan fingerprint density at radius 3 is 2.52 bits per heavy atom. The SMILES string of the molecule is COc1ccc(S(=O)(=O)CCC(=O)N2CCCCC2C(C)N)cc1OC.Cl. The van der Waals surface area contributed by atoms with Gasteiger partial charge in [-0.05, 0) is 38.3 Å². The highest BCUT2D eigenvalue weighted by Gasteiger charge is 2.30. The number of carbonyl (C=O) groups excluding carboxylic acids is 1. The second-order valence-corrected chi connectivity index (χ2v) is 8.70. The Hall–Kier alpha value is -1.51. The number of piperidine rings is 1. The van der Waals surface area contributed by atoms with Crippen molar-refractivity contribution in [3.8, 4) is 11.5 Å². The Labute approximate surface area is 167 Å². The Balaban J connectivity index is 0.00000364. The standard InChI is InChI=1S/C18H28N2O5S.ClH/c1-13(19)15-6-4-5-10-20(15)18(21)9-11-26(22,23)14-7-8-16(24-2)17(12-14)25-3;/h7-8,12-13,15H,4-6,9-11,19H2,1-3H3;1H. The third-order valence-corrected chi connectivity index (χ3v) is 6.49. The molecule has 0 radical (unpaired) electrons. The van der Waals surface area contributed by atoms with Gasteiger partial charge in [0.15, 0.2) is 21.3 Å². The van der Waals surface area contributed by atoms with Crippen molar-refractivity contribution >= 4 is 28.2 Å². The molecular weight excluding hydrogens is 392 g/mol. The minimum absolute atomic E-state index is 0. The van der Waals surface area contributed by atoms with Crippen LogP contribution in [0.4, 0.5) is 0 Å². The lowest BCUT2D eigenvalue weighted by molar-refractivity contribution is -0.134. The number of hydrogen-bond donors (Lipinski definition) is 1. The van der Waals surface area contributed by atoms with E-state index in [-0.39, 0.29) is 47.5 Å². The number of sulfone groups is 1. The van der Waals surface area contributed by atoms with E-state index >= 15 is 0 Å². The van der Waals surface area contributed by atoms with E-state index in [1.54, 1.807) is 11.0 Å². The molecule has 0 aliphatic carbocycles. The first-order chi connectivity index (χ1) is 12.3. The monoisotopic (exact) mass is 420 g/mol. The van der Waals surface area contributed by atoms with Gasteiger partial charge in [-0.25, -0.2) is 8.42 Å². The van der Waals surface area contributed by atoms with Crippen molar-refractivity contribution in [3.05, 3.63) is 18.2 Å². The fourth-order valence-electron chi connectivity index (χ4n) is 3.31. The van der Waals surface area contributed by atoms with Gasteiger partial charge in [0, 0.05) is 31.1 Å². The lowest BCUT2D eigenvalue weighted by Gasteiger charge is -2.38. The van der Waals surface area contributed by atoms with Gasteiger partial charge in [0.2, 0.25) is 5.91 Å². The molecule has 1 amide bonds. The zero-order valence-corrected chi connectivity index (χ0v) is 17.6. The topological polar surface area (TPSA) is 98.9 Å². The molecule has 1 aromatic rings. The van der Waals surface area contributed by atoms with Crippen molar-refractivity contribution in [3.63, 3.8) is 0 Å². The van der Waals surface area contributed by atoms with Crippen LogP contribution >= 0.6 is 12.4 Å². The minimum Gasteiger partial charge on any atom is -0.493 e. The maximum absolute atomic E-state index is 12.6. The first-order valence-electron chi connectivity index (χ1n) is 8.80. The number of halogens is 1. The van der Waals surface area contributed by atoms with E-state index in [1.165, 1.54) is 26.4 Å². The molecule has 0 spiro atoms. The molecular formula is C18H29ClN2O5S. The summed E-state index contributed by atoms with van der Waals surface area (Å²) in [5, 5.41) is 0. The van der Waals surface area contributed by atoms with Crippen molar-refractivity contribution in [2.75, 3.05) is 26.5 Å². The summed E-state index contributed by atoms with van der Waals surface area (Å²) in [6.45, 7) is 2.53. The van der Waals surface area contributed by atoms with E-state index < -0.39 is 9.84 Å². The average Bonchev–Trinajstić information content (AvgIpc) is 2.65. The van der Waals surface area contributed by atoms with Crippen molar-refractivity contribution < 1.29 is 22.7 Å². The normalized spacial score (nSPS) is 18.4. The van der Waals surface area contributed by atoms with Crippen molar-refractivity contribution in [1.82, 2.24) is 4.90 Å². The van der Waals surface area contributed by atoms with Gasteiger partial charge in [-0.1, -0.05) is 0 Å². The number of benzene rings is 1. The van der Waals surface area contributed by atoms with Crippen LogP contribution in [-0.2, 0) is 14.6 Å². The number of hydrogen-bond acceptors (Lipinski definition) is 6. The number of likely N-dealkylation sites (tertiary alicyclic amines) is 1. The summed E-state index contributed by atoms with van der Waals surface area (Å²) >= 11 is 0. The van der Waals surface area contributed by atoms with Crippen molar-refractivity contribution in [1.29, 1.82) is 0 Å². The largest absolute Gasteiger partial charge is 0.493 e. The van der Waals surface area contributed by atoms with Gasteiger partial charge in [0.1, 0.15) is 0 Å². The first-order valence-corrected chi connectivity index (χ1v) is 10.4. The summed E-state index contributed by atoms with van der Waals surface area (Å²) in [6, 6.07) is 4.29. The fraction of sp³-hybridized carbons (Fsp3) is 0.611. The van der Waals surface area contributed by atoms with Crippen LogP contribution in [0.3, 0.4) is 0 Å². The van der Waals surface area contributed by atoms with E-state index in [0.717, 1.165) is 19.3 Å². The Morgan fingerprint density at radius 2 is 1.93 bits per heavy atom. The summed E-state index contributed by atoms with van der Waals surface area (Å²) in [5.74, 6) is 0.392. The Morgan fingerprint density at radius 1 is 1.26 bits per heavy atom. The van der Waals surface area contributed by atoms with Crippen LogP contribution in [0, 0.1) is 0 Å². The molecule has 9 heteroatoms. The lowest BCUT2D eigenvalue weighted by Crippen LogP contribution is -2.51. The molecule has 1 aliphatic rings. The molecule has 1 fully saturated rings. The molecule has 2 atom stereocenters. The van der Waals surface area contributed by atoms with Crippen molar-refractivity contribution in [2.45, 2.75) is 49.6 Å². The molecule has 2 unspecified atom stereocenters. The molecule has 1 saturated heterocycles. The average molecular weight is 421 g/mol. The summed E-state index contributed by atoms with van der Waals surface area (Å²) in [4.78, 5) is 14.4. The molecule has 27 heavy (non-hydrogen) atoms. The van der Waals surface area contributed by atoms with Gasteiger partial charge >= 0.3 is 0 Å². The number of nitrogens with two attached hydrogens (primary N) is 1. The molecule has 1 aromatic carbocycles. The molecule has 0 bridgehead atoms. The predicted octanol–water partition coefficient (Wildman–Crippen LogP) is 2.02. The third kappa shape index (κ3) is 5.73. The van der Waals surface area contributed by atoms with E-state index in [1.807, 2.05) is 6.92 Å². The van der Waals surface area contributed by atoms with Crippen LogP contribution in [0.5, 0.6) is 11.5 Å². The predicted molar refractivity (Wildman–Crippen MR) is 106 cm³/mol. The summed E-state index contributed by atoms with van der Waals surface area (Å²) < 4.78 is 35.5. The highest BCUT2D eigenvalue weighted by molar-refractivity contribution is 7.91. The Kier molecular flexibility index (Phi) is 8.84. The van der Waals surface area contributed by atoms with Gasteiger partial charge in [0.25, 0.3) is 0 Å². The zero-order valence-electron chi connectivity index (χ0n) is 16.0. The zero-order chi connectivity index (χ0) is 19.3. The van der Waals surface area contributed by atoms with Gasteiger partial charge in [-0.3, -0.25) is 4.79 Å². The summed E-state index contributed by atoms with van der Waals surface area (Å²) in [5.41, 5.74) is 5.99. The van der Waals surface area contributed by atoms with Crippen LogP contribution in [0.1, 0.15) is 32.6 Å². The first kappa shape index (κ1) is 23.5.